The number of benzene rings is 3. The van der Waals surface area contributed by atoms with E-state index < -0.39 is 20.0 Å². The van der Waals surface area contributed by atoms with Gasteiger partial charge in [-0.15, -0.1) is 0 Å². The SMILES string of the molecule is CCCCCC/C(=C1/C(O)C(c2ccccc2)(c2ccccc2)O[Si]1(C)C)c1ccccc1. The Kier molecular flexibility index (Phi) is 7.33. The first kappa shape index (κ1) is 23.7. The van der Waals surface area contributed by atoms with Crippen LogP contribution < -0.4 is 0 Å². The molecule has 3 aromatic rings. The normalized spacial score (nSPS) is 20.5. The Morgan fingerprint density at radius 3 is 1.82 bits per heavy atom. The number of allylic oxidation sites excluding steroid dienone is 1. The molecule has 1 fully saturated rings. The lowest BCUT2D eigenvalue weighted by molar-refractivity contribution is 0.0161. The van der Waals surface area contributed by atoms with E-state index in [0.717, 1.165) is 29.2 Å². The van der Waals surface area contributed by atoms with E-state index in [0.29, 0.717) is 0 Å². The minimum absolute atomic E-state index is 0.731. The van der Waals surface area contributed by atoms with E-state index in [4.69, 9.17) is 4.43 Å². The average Bonchev–Trinajstić information content (AvgIpc) is 3.07. The molecule has 0 radical (unpaired) electrons. The van der Waals surface area contributed by atoms with Crippen LogP contribution in [0.1, 0.15) is 55.7 Å². The van der Waals surface area contributed by atoms with Gasteiger partial charge < -0.3 is 9.53 Å². The molecule has 3 aromatic carbocycles. The first-order valence-electron chi connectivity index (χ1n) is 12.3. The lowest BCUT2D eigenvalue weighted by Crippen LogP contribution is -2.39. The van der Waals surface area contributed by atoms with Gasteiger partial charge in [-0.25, -0.2) is 0 Å². The molecule has 0 aliphatic carbocycles. The van der Waals surface area contributed by atoms with Gasteiger partial charge in [-0.1, -0.05) is 117 Å². The molecule has 2 nitrogen and oxygen atoms in total. The summed E-state index contributed by atoms with van der Waals surface area (Å²) in [7, 11) is -2.42. The van der Waals surface area contributed by atoms with E-state index >= 15 is 0 Å². The summed E-state index contributed by atoms with van der Waals surface area (Å²) in [4.78, 5) is 0. The van der Waals surface area contributed by atoms with E-state index in [1.165, 1.54) is 30.4 Å². The number of unbranched alkanes of at least 4 members (excludes halogenated alkanes) is 3. The smallest absolute Gasteiger partial charge is 0.219 e. The van der Waals surface area contributed by atoms with Crippen molar-refractivity contribution in [2.24, 2.45) is 0 Å². The van der Waals surface area contributed by atoms with Gasteiger partial charge in [0.15, 0.2) is 0 Å². The first-order valence-corrected chi connectivity index (χ1v) is 15.2. The maximum absolute atomic E-state index is 12.2. The third-order valence-electron chi connectivity index (χ3n) is 6.86. The Bertz CT molecular complexity index is 1020. The van der Waals surface area contributed by atoms with Crippen LogP contribution in [0.4, 0.5) is 0 Å². The van der Waals surface area contributed by atoms with Crippen molar-refractivity contribution in [3.05, 3.63) is 113 Å². The van der Waals surface area contributed by atoms with Gasteiger partial charge >= 0.3 is 0 Å². The van der Waals surface area contributed by atoms with Crippen molar-refractivity contribution in [1.82, 2.24) is 0 Å². The van der Waals surface area contributed by atoms with Gasteiger partial charge in [0.1, 0.15) is 11.7 Å². The Morgan fingerprint density at radius 2 is 1.30 bits per heavy atom. The summed E-state index contributed by atoms with van der Waals surface area (Å²) in [6, 6.07) is 31.2. The Morgan fingerprint density at radius 1 is 0.788 bits per heavy atom. The number of hydrogen-bond acceptors (Lipinski definition) is 2. The number of hydrogen-bond donors (Lipinski definition) is 1. The zero-order chi connectivity index (χ0) is 23.3. The molecule has 0 spiro atoms. The van der Waals surface area contributed by atoms with Crippen molar-refractivity contribution in [3.8, 4) is 0 Å². The van der Waals surface area contributed by atoms with Crippen molar-refractivity contribution in [2.75, 3.05) is 0 Å². The molecule has 0 amide bonds. The predicted molar refractivity (Wildman–Crippen MR) is 140 cm³/mol. The highest BCUT2D eigenvalue weighted by Crippen LogP contribution is 2.52. The van der Waals surface area contributed by atoms with E-state index in [1.807, 2.05) is 36.4 Å². The standard InChI is InChI=1S/C30H36O2Si/c1-4-5-6-16-23-27(24-17-10-7-11-18-24)28-29(31)30(32-33(28,2)3,25-19-12-8-13-20-25)26-21-14-9-15-22-26/h7-15,17-22,29,31H,4-6,16,23H2,1-3H3/b28-27+. The molecule has 0 aromatic heterocycles. The second-order valence-corrected chi connectivity index (χ2v) is 13.3. The second-order valence-electron chi connectivity index (χ2n) is 9.55. The van der Waals surface area contributed by atoms with Gasteiger partial charge in [-0.05, 0) is 53.4 Å². The fourth-order valence-electron chi connectivity index (χ4n) is 5.35. The van der Waals surface area contributed by atoms with Crippen molar-refractivity contribution in [3.63, 3.8) is 0 Å². The van der Waals surface area contributed by atoms with Crippen LogP contribution in [0.5, 0.6) is 0 Å². The molecule has 4 rings (SSSR count). The molecule has 1 saturated heterocycles. The summed E-state index contributed by atoms with van der Waals surface area (Å²) in [6.07, 6.45) is 5.04. The van der Waals surface area contributed by atoms with Gasteiger partial charge in [0.2, 0.25) is 8.32 Å². The maximum atomic E-state index is 12.2. The summed E-state index contributed by atoms with van der Waals surface area (Å²) in [5, 5.41) is 13.4. The van der Waals surface area contributed by atoms with Crippen LogP contribution in [0.2, 0.25) is 13.1 Å². The van der Waals surface area contributed by atoms with Crippen LogP contribution in [0.25, 0.3) is 5.57 Å². The van der Waals surface area contributed by atoms with Crippen molar-refractivity contribution in [1.29, 1.82) is 0 Å². The molecule has 172 valence electrons. The van der Waals surface area contributed by atoms with E-state index in [-0.39, 0.29) is 0 Å². The molecule has 1 aliphatic rings. The monoisotopic (exact) mass is 456 g/mol. The van der Waals surface area contributed by atoms with Gasteiger partial charge in [-0.3, -0.25) is 0 Å². The quantitative estimate of drug-likeness (QED) is 0.281. The lowest BCUT2D eigenvalue weighted by Gasteiger charge is -2.35. The van der Waals surface area contributed by atoms with Gasteiger partial charge in [-0.2, -0.15) is 0 Å². The minimum atomic E-state index is -2.42. The zero-order valence-corrected chi connectivity index (χ0v) is 21.1. The van der Waals surface area contributed by atoms with Crippen LogP contribution in [0.3, 0.4) is 0 Å². The highest BCUT2D eigenvalue weighted by molar-refractivity contribution is 6.80. The fraction of sp³-hybridized carbons (Fsp3) is 0.333. The van der Waals surface area contributed by atoms with Crippen molar-refractivity contribution < 1.29 is 9.53 Å². The topological polar surface area (TPSA) is 29.5 Å². The Labute approximate surface area is 200 Å². The first-order chi connectivity index (χ1) is 16.0. The van der Waals surface area contributed by atoms with Gasteiger partial charge in [0.05, 0.1) is 0 Å². The third kappa shape index (κ3) is 4.63. The predicted octanol–water partition coefficient (Wildman–Crippen LogP) is 7.49. The molecule has 3 heteroatoms. The molecule has 1 heterocycles. The Hall–Kier alpha value is -2.46. The maximum Gasteiger partial charge on any atom is 0.219 e. The van der Waals surface area contributed by atoms with E-state index in [1.54, 1.807) is 0 Å². The molecule has 1 aliphatic heterocycles. The summed E-state index contributed by atoms with van der Waals surface area (Å²) in [5.41, 5.74) is 3.63. The average molecular weight is 457 g/mol. The molecule has 1 unspecified atom stereocenters. The molecule has 33 heavy (non-hydrogen) atoms. The lowest BCUT2D eigenvalue weighted by atomic mass is 9.80. The number of rotatable bonds is 8. The summed E-state index contributed by atoms with van der Waals surface area (Å²) in [6.45, 7) is 6.73. The molecule has 1 N–H and O–H groups in total. The molecule has 0 saturated carbocycles. The van der Waals surface area contributed by atoms with Gasteiger partial charge in [0.25, 0.3) is 0 Å². The molecule has 0 bridgehead atoms. The fourth-order valence-corrected chi connectivity index (χ4v) is 8.47. The van der Waals surface area contributed by atoms with Crippen LogP contribution in [0.15, 0.2) is 96.2 Å². The molecule has 1 atom stereocenters. The minimum Gasteiger partial charge on any atom is -0.397 e. The third-order valence-corrected chi connectivity index (χ3v) is 9.56. The largest absolute Gasteiger partial charge is 0.397 e. The highest BCUT2D eigenvalue weighted by atomic mass is 28.4. The van der Waals surface area contributed by atoms with E-state index in [9.17, 15) is 5.11 Å². The number of aliphatic hydroxyl groups excluding tert-OH is 1. The highest BCUT2D eigenvalue weighted by Gasteiger charge is 2.58. The molecular weight excluding hydrogens is 420 g/mol. The zero-order valence-electron chi connectivity index (χ0n) is 20.1. The van der Waals surface area contributed by atoms with Gasteiger partial charge in [0, 0.05) is 0 Å². The van der Waals surface area contributed by atoms with E-state index in [2.05, 4.69) is 74.6 Å². The van der Waals surface area contributed by atoms with Crippen LogP contribution in [-0.2, 0) is 10.0 Å². The van der Waals surface area contributed by atoms with Crippen LogP contribution in [-0.4, -0.2) is 19.5 Å². The summed E-state index contributed by atoms with van der Waals surface area (Å²) < 4.78 is 7.09. The summed E-state index contributed by atoms with van der Waals surface area (Å²) >= 11 is 0. The van der Waals surface area contributed by atoms with Crippen LogP contribution in [0, 0.1) is 0 Å². The summed E-state index contributed by atoms with van der Waals surface area (Å²) in [5.74, 6) is 0. The van der Waals surface area contributed by atoms with Crippen molar-refractivity contribution >= 4 is 13.9 Å². The Balaban J connectivity index is 1.91. The second kappa shape index (κ2) is 10.2. The number of aliphatic hydroxyl groups is 1. The van der Waals surface area contributed by atoms with Crippen LogP contribution >= 0.6 is 0 Å². The molecular formula is C30H36O2Si. The van der Waals surface area contributed by atoms with Crippen molar-refractivity contribution in [2.45, 2.75) is 63.8 Å².